The lowest BCUT2D eigenvalue weighted by Gasteiger charge is -2.33. The predicted octanol–water partition coefficient (Wildman–Crippen LogP) is 3.47. The number of amides is 1. The molecule has 1 saturated heterocycles. The summed E-state index contributed by atoms with van der Waals surface area (Å²) in [5.41, 5.74) is 0. The van der Waals surface area contributed by atoms with Gasteiger partial charge in [0.05, 0.1) is 18.2 Å². The second kappa shape index (κ2) is 7.28. The average Bonchev–Trinajstić information content (AvgIpc) is 2.80. The fourth-order valence-electron chi connectivity index (χ4n) is 2.83. The average molecular weight is 269 g/mol. The molecule has 0 aromatic rings. The van der Waals surface area contributed by atoms with Crippen molar-refractivity contribution in [2.45, 2.75) is 79.1 Å². The number of hydrogen-bond acceptors (Lipinski definition) is 2. The van der Waals surface area contributed by atoms with Crippen molar-refractivity contribution < 1.29 is 9.53 Å². The minimum Gasteiger partial charge on any atom is -0.373 e. The molecule has 3 nitrogen and oxygen atoms in total. The zero-order valence-corrected chi connectivity index (χ0v) is 13.5. The molecule has 4 atom stereocenters. The molecular formula is C16H31NO2. The minimum absolute atomic E-state index is 0.128. The Balaban J connectivity index is 2.76. The summed E-state index contributed by atoms with van der Waals surface area (Å²) in [6, 6.07) is 0.246. The van der Waals surface area contributed by atoms with Crippen molar-refractivity contribution in [1.82, 2.24) is 4.90 Å². The highest BCUT2D eigenvalue weighted by Crippen LogP contribution is 2.29. The topological polar surface area (TPSA) is 29.5 Å². The van der Waals surface area contributed by atoms with Crippen LogP contribution in [0.15, 0.2) is 0 Å². The molecule has 1 rings (SSSR count). The standard InChI is InChI=1S/C16H31NO2/c1-7-12(5)16(18)17-10-9-14(15(17)11(3)4)19-13(6)8-2/h11-15H,7-10H2,1-6H3/t12?,13?,14-,15+/m0/s1. The second-order valence-electron chi connectivity index (χ2n) is 6.26. The number of ether oxygens (including phenoxy) is 1. The van der Waals surface area contributed by atoms with Gasteiger partial charge in [-0.15, -0.1) is 0 Å². The van der Waals surface area contributed by atoms with Gasteiger partial charge in [0.2, 0.25) is 5.91 Å². The molecule has 1 fully saturated rings. The SMILES string of the molecule is CCC(C)O[C@H]1CCN(C(=O)C(C)CC)[C@@H]1C(C)C. The first-order valence-corrected chi connectivity index (χ1v) is 7.88. The van der Waals surface area contributed by atoms with Gasteiger partial charge in [0, 0.05) is 12.5 Å². The van der Waals surface area contributed by atoms with Crippen LogP contribution in [0.4, 0.5) is 0 Å². The molecule has 0 aliphatic carbocycles. The van der Waals surface area contributed by atoms with Crippen molar-refractivity contribution in [3.05, 3.63) is 0 Å². The summed E-state index contributed by atoms with van der Waals surface area (Å²) in [6.07, 6.45) is 3.42. The molecular weight excluding hydrogens is 238 g/mol. The van der Waals surface area contributed by atoms with Crippen molar-refractivity contribution in [2.24, 2.45) is 11.8 Å². The van der Waals surface area contributed by atoms with Crippen LogP contribution in [-0.4, -0.2) is 35.6 Å². The number of likely N-dealkylation sites (tertiary alicyclic amines) is 1. The van der Waals surface area contributed by atoms with Gasteiger partial charge in [0.1, 0.15) is 0 Å². The quantitative estimate of drug-likeness (QED) is 0.739. The summed E-state index contributed by atoms with van der Waals surface area (Å²) in [5, 5.41) is 0. The van der Waals surface area contributed by atoms with Crippen LogP contribution in [0.3, 0.4) is 0 Å². The Labute approximate surface area is 118 Å². The van der Waals surface area contributed by atoms with E-state index in [0.29, 0.717) is 11.8 Å². The molecule has 0 bridgehead atoms. The third-order valence-corrected chi connectivity index (χ3v) is 4.38. The summed E-state index contributed by atoms with van der Waals surface area (Å²) < 4.78 is 6.13. The van der Waals surface area contributed by atoms with Crippen LogP contribution in [0, 0.1) is 11.8 Å². The van der Waals surface area contributed by atoms with Gasteiger partial charge in [-0.05, 0) is 32.1 Å². The largest absolute Gasteiger partial charge is 0.373 e. The van der Waals surface area contributed by atoms with Gasteiger partial charge in [-0.2, -0.15) is 0 Å². The molecule has 0 aromatic heterocycles. The number of carbonyl (C=O) groups is 1. The summed E-state index contributed by atoms with van der Waals surface area (Å²) in [5.74, 6) is 0.879. The number of rotatable bonds is 6. The van der Waals surface area contributed by atoms with E-state index in [1.165, 1.54) is 0 Å². The molecule has 3 heteroatoms. The first-order valence-electron chi connectivity index (χ1n) is 7.88. The smallest absolute Gasteiger partial charge is 0.225 e. The molecule has 1 aliphatic rings. The molecule has 0 spiro atoms. The summed E-state index contributed by atoms with van der Waals surface area (Å²) in [7, 11) is 0. The van der Waals surface area contributed by atoms with E-state index in [4.69, 9.17) is 4.74 Å². The molecule has 0 N–H and O–H groups in total. The van der Waals surface area contributed by atoms with E-state index in [1.807, 2.05) is 6.92 Å². The van der Waals surface area contributed by atoms with Crippen LogP contribution in [0.5, 0.6) is 0 Å². The van der Waals surface area contributed by atoms with Crippen molar-refractivity contribution in [3.63, 3.8) is 0 Å². The first-order chi connectivity index (χ1) is 8.92. The Kier molecular flexibility index (Phi) is 6.31. The van der Waals surface area contributed by atoms with Gasteiger partial charge in [0.25, 0.3) is 0 Å². The van der Waals surface area contributed by atoms with Crippen molar-refractivity contribution >= 4 is 5.91 Å². The van der Waals surface area contributed by atoms with Gasteiger partial charge >= 0.3 is 0 Å². The maximum atomic E-state index is 12.5. The van der Waals surface area contributed by atoms with E-state index >= 15 is 0 Å². The summed E-state index contributed by atoms with van der Waals surface area (Å²) in [4.78, 5) is 14.5. The molecule has 19 heavy (non-hydrogen) atoms. The van der Waals surface area contributed by atoms with Crippen molar-refractivity contribution in [1.29, 1.82) is 0 Å². The van der Waals surface area contributed by atoms with E-state index in [2.05, 4.69) is 39.5 Å². The van der Waals surface area contributed by atoms with Gasteiger partial charge in [-0.1, -0.05) is 34.6 Å². The molecule has 0 saturated carbocycles. The number of carbonyl (C=O) groups excluding carboxylic acids is 1. The lowest BCUT2D eigenvalue weighted by Crippen LogP contribution is -2.46. The van der Waals surface area contributed by atoms with Crippen LogP contribution in [0.25, 0.3) is 0 Å². The van der Waals surface area contributed by atoms with E-state index < -0.39 is 0 Å². The minimum atomic E-state index is 0.128. The first kappa shape index (κ1) is 16.5. The predicted molar refractivity (Wildman–Crippen MR) is 79.0 cm³/mol. The van der Waals surface area contributed by atoms with E-state index in [0.717, 1.165) is 25.8 Å². The van der Waals surface area contributed by atoms with Crippen LogP contribution >= 0.6 is 0 Å². The lowest BCUT2D eigenvalue weighted by molar-refractivity contribution is -0.139. The van der Waals surface area contributed by atoms with Crippen molar-refractivity contribution in [2.75, 3.05) is 6.54 Å². The normalized spacial score (nSPS) is 26.8. The molecule has 1 aliphatic heterocycles. The van der Waals surface area contributed by atoms with Crippen LogP contribution in [-0.2, 0) is 9.53 Å². The third-order valence-electron chi connectivity index (χ3n) is 4.38. The highest BCUT2D eigenvalue weighted by atomic mass is 16.5. The highest BCUT2D eigenvalue weighted by Gasteiger charge is 2.40. The van der Waals surface area contributed by atoms with Crippen LogP contribution < -0.4 is 0 Å². The van der Waals surface area contributed by atoms with E-state index in [-0.39, 0.29) is 24.2 Å². The Hall–Kier alpha value is -0.570. The Morgan fingerprint density at radius 3 is 2.32 bits per heavy atom. The molecule has 1 heterocycles. The summed E-state index contributed by atoms with van der Waals surface area (Å²) >= 11 is 0. The fraction of sp³-hybridized carbons (Fsp3) is 0.938. The maximum Gasteiger partial charge on any atom is 0.225 e. The Morgan fingerprint density at radius 1 is 1.21 bits per heavy atom. The summed E-state index contributed by atoms with van der Waals surface area (Å²) in [6.45, 7) is 13.6. The Bertz CT molecular complexity index is 290. The van der Waals surface area contributed by atoms with Gasteiger partial charge in [-0.25, -0.2) is 0 Å². The molecule has 2 unspecified atom stereocenters. The van der Waals surface area contributed by atoms with Crippen molar-refractivity contribution in [3.8, 4) is 0 Å². The van der Waals surface area contributed by atoms with Crippen LogP contribution in [0.2, 0.25) is 0 Å². The zero-order valence-electron chi connectivity index (χ0n) is 13.5. The van der Waals surface area contributed by atoms with Gasteiger partial charge in [-0.3, -0.25) is 4.79 Å². The zero-order chi connectivity index (χ0) is 14.6. The van der Waals surface area contributed by atoms with E-state index in [1.54, 1.807) is 0 Å². The van der Waals surface area contributed by atoms with Gasteiger partial charge in [0.15, 0.2) is 0 Å². The highest BCUT2D eigenvalue weighted by molar-refractivity contribution is 5.79. The molecule has 0 aromatic carbocycles. The monoisotopic (exact) mass is 269 g/mol. The molecule has 112 valence electrons. The van der Waals surface area contributed by atoms with E-state index in [9.17, 15) is 4.79 Å². The van der Waals surface area contributed by atoms with Gasteiger partial charge < -0.3 is 9.64 Å². The Morgan fingerprint density at radius 2 is 1.84 bits per heavy atom. The third kappa shape index (κ3) is 3.95. The van der Waals surface area contributed by atoms with Crippen LogP contribution in [0.1, 0.15) is 60.8 Å². The maximum absolute atomic E-state index is 12.5. The molecule has 0 radical (unpaired) electrons. The lowest BCUT2D eigenvalue weighted by atomic mass is 9.97. The number of nitrogens with zero attached hydrogens (tertiary/aromatic N) is 1. The number of hydrogen-bond donors (Lipinski definition) is 0. The molecule has 1 amide bonds. The fourth-order valence-corrected chi connectivity index (χ4v) is 2.83. The second-order valence-corrected chi connectivity index (χ2v) is 6.26.